The van der Waals surface area contributed by atoms with Crippen molar-refractivity contribution >= 4 is 55.6 Å². The minimum atomic E-state index is -4.52. The van der Waals surface area contributed by atoms with Crippen LogP contribution >= 0.6 is 0 Å². The molecule has 0 radical (unpaired) electrons. The molecular weight excluding hydrogens is 448 g/mol. The number of azo groups is 1. The fourth-order valence-electron chi connectivity index (χ4n) is 3.44. The Bertz CT molecular complexity index is 1450. The molecule has 0 aromatic heterocycles. The number of ketones is 1. The summed E-state index contributed by atoms with van der Waals surface area (Å²) in [7, 11) is -4.52. The lowest BCUT2D eigenvalue weighted by atomic mass is 10.1. The van der Waals surface area contributed by atoms with Crippen LogP contribution in [0.2, 0.25) is 0 Å². The van der Waals surface area contributed by atoms with Gasteiger partial charge in [-0.3, -0.25) is 18.9 Å². The Morgan fingerprint density at radius 1 is 1.12 bits per heavy atom. The van der Waals surface area contributed by atoms with Gasteiger partial charge in [-0.2, -0.15) is 18.6 Å². The highest BCUT2D eigenvalue weighted by atomic mass is 32.2. The number of carbonyl (C=O) groups excluding carboxylic acids is 3. The first-order valence-corrected chi connectivity index (χ1v) is 11.2. The van der Waals surface area contributed by atoms with E-state index in [4.69, 9.17) is 0 Å². The smallest absolute Gasteiger partial charge is 0.294 e. The molecule has 11 heteroatoms. The van der Waals surface area contributed by atoms with E-state index < -0.39 is 27.9 Å². The van der Waals surface area contributed by atoms with Crippen molar-refractivity contribution in [3.05, 3.63) is 60.2 Å². The van der Waals surface area contributed by atoms with Crippen molar-refractivity contribution in [1.29, 1.82) is 0 Å². The van der Waals surface area contributed by atoms with E-state index in [9.17, 15) is 27.4 Å². The standard InChI is InChI=1S/C22H18N4O6S/c1-12(27)21(22(29)23-15-7-6-14-9-20(28)24-18(14)10-15)26-25-19-11-16(33(30,31)32)8-13-4-2-3-5-17(13)19/h2-8,10-11,21H,9H2,1H3,(H,23,29)(H,24,28)(H,30,31,32). The number of carbonyl (C=O) groups is 3. The van der Waals surface area contributed by atoms with E-state index in [0.29, 0.717) is 22.1 Å². The number of anilines is 2. The van der Waals surface area contributed by atoms with Crippen LogP contribution in [0.5, 0.6) is 0 Å². The van der Waals surface area contributed by atoms with Crippen LogP contribution in [0.25, 0.3) is 10.8 Å². The quantitative estimate of drug-likeness (QED) is 0.288. The molecule has 3 N–H and O–H groups in total. The van der Waals surface area contributed by atoms with Gasteiger partial charge in [0.2, 0.25) is 11.9 Å². The number of benzene rings is 3. The molecule has 0 saturated heterocycles. The third kappa shape index (κ3) is 4.78. The third-order valence-electron chi connectivity index (χ3n) is 5.03. The Balaban J connectivity index is 1.63. The van der Waals surface area contributed by atoms with Crippen LogP contribution in [0.15, 0.2) is 69.7 Å². The lowest BCUT2D eigenvalue weighted by molar-refractivity contribution is -0.126. The van der Waals surface area contributed by atoms with Crippen LogP contribution < -0.4 is 10.6 Å². The summed E-state index contributed by atoms with van der Waals surface area (Å²) in [5.41, 5.74) is 1.81. The summed E-state index contributed by atoms with van der Waals surface area (Å²) < 4.78 is 32.7. The van der Waals surface area contributed by atoms with Crippen molar-refractivity contribution in [2.45, 2.75) is 24.3 Å². The van der Waals surface area contributed by atoms with E-state index in [1.54, 1.807) is 42.5 Å². The van der Waals surface area contributed by atoms with Gasteiger partial charge < -0.3 is 10.6 Å². The van der Waals surface area contributed by atoms with Gasteiger partial charge in [0.05, 0.1) is 17.0 Å². The maximum Gasteiger partial charge on any atom is 0.294 e. The number of fused-ring (bicyclic) bond motifs is 2. The number of Topliss-reactive ketones (excluding diaryl/α,β-unsaturated/α-hetero) is 1. The van der Waals surface area contributed by atoms with Gasteiger partial charge in [0.15, 0.2) is 5.78 Å². The van der Waals surface area contributed by atoms with E-state index in [0.717, 1.165) is 11.6 Å². The summed E-state index contributed by atoms with van der Waals surface area (Å²) >= 11 is 0. The number of rotatable bonds is 6. The molecule has 3 aromatic rings. The van der Waals surface area contributed by atoms with Crippen LogP contribution in [-0.2, 0) is 30.9 Å². The predicted molar refractivity (Wildman–Crippen MR) is 120 cm³/mol. The van der Waals surface area contributed by atoms with Crippen molar-refractivity contribution in [3.63, 3.8) is 0 Å². The monoisotopic (exact) mass is 466 g/mol. The van der Waals surface area contributed by atoms with E-state index in [1.165, 1.54) is 13.0 Å². The fourth-order valence-corrected chi connectivity index (χ4v) is 3.97. The fraction of sp³-hybridized carbons (Fsp3) is 0.136. The molecule has 1 heterocycles. The van der Waals surface area contributed by atoms with Gasteiger partial charge in [-0.05, 0) is 42.1 Å². The number of hydrogen-bond donors (Lipinski definition) is 3. The third-order valence-corrected chi connectivity index (χ3v) is 5.86. The molecule has 0 bridgehead atoms. The molecule has 33 heavy (non-hydrogen) atoms. The topological polar surface area (TPSA) is 154 Å². The first-order chi connectivity index (χ1) is 15.6. The summed E-state index contributed by atoms with van der Waals surface area (Å²) in [6.45, 7) is 1.18. The molecular formula is C22H18N4O6S. The molecule has 1 aliphatic rings. The summed E-state index contributed by atoms with van der Waals surface area (Å²) in [5.74, 6) is -1.48. The second-order valence-electron chi connectivity index (χ2n) is 7.45. The first-order valence-electron chi connectivity index (χ1n) is 9.77. The molecule has 2 amide bonds. The minimum Gasteiger partial charge on any atom is -0.325 e. The van der Waals surface area contributed by atoms with Crippen molar-refractivity contribution < 1.29 is 27.4 Å². The Morgan fingerprint density at radius 2 is 1.88 bits per heavy atom. The van der Waals surface area contributed by atoms with E-state index in [2.05, 4.69) is 20.9 Å². The average Bonchev–Trinajstić information content (AvgIpc) is 3.12. The van der Waals surface area contributed by atoms with Crippen molar-refractivity contribution in [1.82, 2.24) is 0 Å². The molecule has 1 unspecified atom stereocenters. The molecule has 1 aliphatic heterocycles. The first kappa shape index (κ1) is 22.2. The second-order valence-corrected chi connectivity index (χ2v) is 8.87. The summed E-state index contributed by atoms with van der Waals surface area (Å²) in [5, 5.41) is 14.1. The Hall–Kier alpha value is -3.96. The van der Waals surface area contributed by atoms with Crippen molar-refractivity contribution in [2.24, 2.45) is 10.2 Å². The van der Waals surface area contributed by atoms with Crippen molar-refractivity contribution in [2.75, 3.05) is 10.6 Å². The molecule has 1 atom stereocenters. The highest BCUT2D eigenvalue weighted by Gasteiger charge is 2.25. The zero-order chi connectivity index (χ0) is 23.8. The molecule has 10 nitrogen and oxygen atoms in total. The normalized spacial score (nSPS) is 14.2. The van der Waals surface area contributed by atoms with Crippen LogP contribution in [0, 0.1) is 0 Å². The maximum absolute atomic E-state index is 12.7. The highest BCUT2D eigenvalue weighted by Crippen LogP contribution is 2.31. The van der Waals surface area contributed by atoms with E-state index in [-0.39, 0.29) is 22.9 Å². The van der Waals surface area contributed by atoms with Gasteiger partial charge in [-0.1, -0.05) is 30.3 Å². The Kier molecular flexibility index (Phi) is 5.75. The van der Waals surface area contributed by atoms with Crippen LogP contribution in [0.3, 0.4) is 0 Å². The number of hydrogen-bond acceptors (Lipinski definition) is 7. The SMILES string of the molecule is CC(=O)C(N=Nc1cc(S(=O)(=O)O)cc2ccccc12)C(=O)Nc1ccc2c(c1)NC(=O)C2. The number of nitrogens with one attached hydrogen (secondary N) is 2. The summed E-state index contributed by atoms with van der Waals surface area (Å²) in [6.07, 6.45) is 0.254. The average molecular weight is 466 g/mol. The predicted octanol–water partition coefficient (Wildman–Crippen LogP) is 3.26. The van der Waals surface area contributed by atoms with Gasteiger partial charge in [0.25, 0.3) is 16.0 Å². The maximum atomic E-state index is 12.7. The van der Waals surface area contributed by atoms with Crippen LogP contribution in [0.4, 0.5) is 17.1 Å². The molecule has 168 valence electrons. The molecule has 0 aliphatic carbocycles. The van der Waals surface area contributed by atoms with E-state index in [1.807, 2.05) is 0 Å². The highest BCUT2D eigenvalue weighted by molar-refractivity contribution is 7.85. The molecule has 4 rings (SSSR count). The van der Waals surface area contributed by atoms with Gasteiger partial charge >= 0.3 is 0 Å². The molecule has 3 aromatic carbocycles. The zero-order valence-corrected chi connectivity index (χ0v) is 18.1. The lowest BCUT2D eigenvalue weighted by Gasteiger charge is -2.11. The van der Waals surface area contributed by atoms with Crippen molar-refractivity contribution in [3.8, 4) is 0 Å². The van der Waals surface area contributed by atoms with Crippen LogP contribution in [-0.4, -0.2) is 36.6 Å². The zero-order valence-electron chi connectivity index (χ0n) is 17.3. The molecule has 0 fully saturated rings. The minimum absolute atomic E-state index is 0.0695. The second kappa shape index (κ2) is 8.52. The Morgan fingerprint density at radius 3 is 2.61 bits per heavy atom. The van der Waals surface area contributed by atoms with Crippen LogP contribution in [0.1, 0.15) is 12.5 Å². The van der Waals surface area contributed by atoms with Gasteiger partial charge in [-0.25, -0.2) is 0 Å². The summed E-state index contributed by atoms with van der Waals surface area (Å²) in [4.78, 5) is 35.9. The van der Waals surface area contributed by atoms with E-state index >= 15 is 0 Å². The van der Waals surface area contributed by atoms with Gasteiger partial charge in [0.1, 0.15) is 0 Å². The lowest BCUT2D eigenvalue weighted by Crippen LogP contribution is -2.31. The molecule has 0 spiro atoms. The summed E-state index contributed by atoms with van der Waals surface area (Å²) in [6, 6.07) is 12.5. The Labute approximate surface area is 188 Å². The van der Waals surface area contributed by atoms with Gasteiger partial charge in [0, 0.05) is 16.8 Å². The molecule has 0 saturated carbocycles. The van der Waals surface area contributed by atoms with Gasteiger partial charge in [-0.15, -0.1) is 0 Å². The number of nitrogens with zero attached hydrogens (tertiary/aromatic N) is 2. The number of amides is 2. The largest absolute Gasteiger partial charge is 0.325 e.